The number of benzene rings is 2. The van der Waals surface area contributed by atoms with Gasteiger partial charge in [-0.3, -0.25) is 4.98 Å². The first-order valence-electron chi connectivity index (χ1n) is 8.05. The molecule has 0 radical (unpaired) electrons. The third-order valence-electron chi connectivity index (χ3n) is 4.68. The second-order valence-corrected chi connectivity index (χ2v) is 8.34. The molecule has 7 heteroatoms. The van der Waals surface area contributed by atoms with Gasteiger partial charge in [-0.2, -0.15) is 5.26 Å². The van der Waals surface area contributed by atoms with E-state index < -0.39 is 9.84 Å². The van der Waals surface area contributed by atoms with Crippen molar-refractivity contribution in [1.82, 2.24) is 4.98 Å². The molecule has 0 atom stereocenters. The monoisotopic (exact) mass is 365 g/mol. The first-order valence-corrected chi connectivity index (χ1v) is 9.70. The van der Waals surface area contributed by atoms with Gasteiger partial charge in [-0.05, 0) is 42.7 Å². The normalized spacial score (nSPS) is 14.8. The van der Waals surface area contributed by atoms with E-state index in [2.05, 4.69) is 16.4 Å². The van der Waals surface area contributed by atoms with Crippen LogP contribution in [0.1, 0.15) is 16.7 Å². The smallest absolute Gasteiger partial charge is 0.179 e. The molecule has 1 aliphatic heterocycles. The highest BCUT2D eigenvalue weighted by atomic mass is 32.2. The van der Waals surface area contributed by atoms with E-state index in [9.17, 15) is 18.8 Å². The zero-order chi connectivity index (χ0) is 18.5. The van der Waals surface area contributed by atoms with Crippen molar-refractivity contribution in [2.45, 2.75) is 18.2 Å². The van der Waals surface area contributed by atoms with E-state index in [1.54, 1.807) is 24.3 Å². The van der Waals surface area contributed by atoms with Gasteiger partial charge in [-0.15, -0.1) is 0 Å². The van der Waals surface area contributed by atoms with Gasteiger partial charge in [0.15, 0.2) is 9.84 Å². The number of phenols is 1. The van der Waals surface area contributed by atoms with Gasteiger partial charge in [0.05, 0.1) is 33.1 Å². The van der Waals surface area contributed by atoms with Crippen molar-refractivity contribution in [3.05, 3.63) is 53.2 Å². The van der Waals surface area contributed by atoms with Crippen LogP contribution in [0.5, 0.6) is 5.75 Å². The Labute approximate surface area is 150 Å². The van der Waals surface area contributed by atoms with Crippen LogP contribution in [0, 0.1) is 18.3 Å². The molecular weight excluding hydrogens is 350 g/mol. The Morgan fingerprint density at radius 2 is 2.04 bits per heavy atom. The number of hydrogen-bond acceptors (Lipinski definition) is 6. The minimum Gasteiger partial charge on any atom is -0.506 e. The number of pyridine rings is 1. The molecule has 0 spiro atoms. The predicted octanol–water partition coefficient (Wildman–Crippen LogP) is 3.19. The number of sulfone groups is 1. The molecular formula is C19H15N3O3S. The highest BCUT2D eigenvalue weighted by Crippen LogP contribution is 2.40. The van der Waals surface area contributed by atoms with E-state index >= 15 is 0 Å². The molecule has 0 unspecified atom stereocenters. The molecule has 0 fully saturated rings. The summed E-state index contributed by atoms with van der Waals surface area (Å²) in [6, 6.07) is 10.5. The van der Waals surface area contributed by atoms with Crippen LogP contribution in [0.25, 0.3) is 10.9 Å². The molecule has 0 saturated carbocycles. The molecule has 2 aromatic carbocycles. The number of phenolic OH excluding ortho intramolecular Hbond substituents is 1. The summed E-state index contributed by atoms with van der Waals surface area (Å²) in [5, 5.41) is 23.5. The average Bonchev–Trinajstić information content (AvgIpc) is 2.93. The van der Waals surface area contributed by atoms with E-state index in [-0.39, 0.29) is 17.1 Å². The van der Waals surface area contributed by atoms with E-state index in [1.807, 2.05) is 13.0 Å². The topological polar surface area (TPSA) is 103 Å². The summed E-state index contributed by atoms with van der Waals surface area (Å²) in [7, 11) is -3.31. The Morgan fingerprint density at radius 1 is 1.23 bits per heavy atom. The van der Waals surface area contributed by atoms with Crippen LogP contribution in [0.3, 0.4) is 0 Å². The largest absolute Gasteiger partial charge is 0.506 e. The molecule has 6 nitrogen and oxygen atoms in total. The van der Waals surface area contributed by atoms with Gasteiger partial charge >= 0.3 is 0 Å². The third-order valence-corrected chi connectivity index (χ3v) is 6.47. The number of nitrogens with one attached hydrogen (secondary N) is 1. The summed E-state index contributed by atoms with van der Waals surface area (Å²) in [5.41, 5.74) is 3.32. The van der Waals surface area contributed by atoms with Gasteiger partial charge in [0, 0.05) is 11.6 Å². The maximum atomic E-state index is 12.3. The number of hydrogen-bond donors (Lipinski definition) is 2. The molecule has 2 heterocycles. The molecule has 2 N–H and O–H groups in total. The molecule has 0 saturated heterocycles. The van der Waals surface area contributed by atoms with E-state index in [0.29, 0.717) is 39.2 Å². The van der Waals surface area contributed by atoms with Gasteiger partial charge in [-0.25, -0.2) is 8.42 Å². The number of rotatable bonds is 2. The fourth-order valence-corrected chi connectivity index (χ4v) is 4.92. The molecule has 26 heavy (non-hydrogen) atoms. The minimum atomic E-state index is -3.31. The molecule has 3 aromatic rings. The summed E-state index contributed by atoms with van der Waals surface area (Å²) in [6.07, 6.45) is 1.83. The average molecular weight is 365 g/mol. The number of aromatic hydroxyl groups is 1. The molecule has 0 bridgehead atoms. The Hall–Kier alpha value is -3.11. The van der Waals surface area contributed by atoms with E-state index in [0.717, 1.165) is 5.56 Å². The molecule has 1 aliphatic rings. The summed E-state index contributed by atoms with van der Waals surface area (Å²) < 4.78 is 24.6. The van der Waals surface area contributed by atoms with Crippen LogP contribution in [0.4, 0.5) is 11.4 Å². The maximum Gasteiger partial charge on any atom is 0.179 e. The number of para-hydroxylation sites is 1. The highest BCUT2D eigenvalue weighted by molar-refractivity contribution is 7.91. The van der Waals surface area contributed by atoms with Crippen molar-refractivity contribution in [2.75, 3.05) is 11.1 Å². The Bertz CT molecular complexity index is 1190. The lowest BCUT2D eigenvalue weighted by Crippen LogP contribution is -2.01. The van der Waals surface area contributed by atoms with Gasteiger partial charge in [0.25, 0.3) is 0 Å². The third kappa shape index (κ3) is 2.38. The maximum absolute atomic E-state index is 12.3. The zero-order valence-corrected chi connectivity index (χ0v) is 14.8. The Balaban J connectivity index is 2.05. The zero-order valence-electron chi connectivity index (χ0n) is 13.9. The second kappa shape index (κ2) is 5.71. The summed E-state index contributed by atoms with van der Waals surface area (Å²) in [6.45, 7) is 1.84. The van der Waals surface area contributed by atoms with Gasteiger partial charge in [0.2, 0.25) is 0 Å². The molecule has 0 amide bonds. The SMILES string of the molecule is Cc1cccc(O)c1Nc1c(C#N)cnc2ccc3c(c12)CCS3(=O)=O. The van der Waals surface area contributed by atoms with E-state index in [1.165, 1.54) is 6.20 Å². The fourth-order valence-electron chi connectivity index (χ4n) is 3.38. The van der Waals surface area contributed by atoms with Crippen molar-refractivity contribution < 1.29 is 13.5 Å². The van der Waals surface area contributed by atoms with Gasteiger partial charge < -0.3 is 10.4 Å². The summed E-state index contributed by atoms with van der Waals surface area (Å²) in [5.74, 6) is 0.104. The van der Waals surface area contributed by atoms with E-state index in [4.69, 9.17) is 0 Å². The Kier molecular flexibility index (Phi) is 3.60. The summed E-state index contributed by atoms with van der Waals surface area (Å²) >= 11 is 0. The number of aryl methyl sites for hydroxylation is 2. The molecule has 0 aliphatic carbocycles. The molecule has 1 aromatic heterocycles. The van der Waals surface area contributed by atoms with Gasteiger partial charge in [0.1, 0.15) is 11.8 Å². The first-order chi connectivity index (χ1) is 12.4. The number of nitrogens with zero attached hydrogens (tertiary/aromatic N) is 2. The standard InChI is InChI=1S/C19H15N3O3S/c1-11-3-2-4-15(23)18(11)22-19-12(9-20)10-21-14-5-6-16-13(17(14)19)7-8-26(16,24)25/h2-6,10,23H,7-8H2,1H3,(H,21,22). The number of nitriles is 1. The van der Waals surface area contributed by atoms with Crippen LogP contribution >= 0.6 is 0 Å². The lowest BCUT2D eigenvalue weighted by molar-refractivity contribution is 0.477. The van der Waals surface area contributed by atoms with Crippen LogP contribution in [0.15, 0.2) is 41.4 Å². The molecule has 4 rings (SSSR count). The molecule has 130 valence electrons. The van der Waals surface area contributed by atoms with Crippen molar-refractivity contribution in [1.29, 1.82) is 5.26 Å². The van der Waals surface area contributed by atoms with Gasteiger partial charge in [-0.1, -0.05) is 12.1 Å². The quantitative estimate of drug-likeness (QED) is 0.676. The number of anilines is 2. The Morgan fingerprint density at radius 3 is 2.77 bits per heavy atom. The number of aromatic nitrogens is 1. The second-order valence-electron chi connectivity index (χ2n) is 6.26. The van der Waals surface area contributed by atoms with Crippen LogP contribution < -0.4 is 5.32 Å². The van der Waals surface area contributed by atoms with Crippen molar-refractivity contribution >= 4 is 32.1 Å². The van der Waals surface area contributed by atoms with Crippen LogP contribution in [-0.4, -0.2) is 24.3 Å². The lowest BCUT2D eigenvalue weighted by Gasteiger charge is -2.16. The number of fused-ring (bicyclic) bond motifs is 3. The van der Waals surface area contributed by atoms with Crippen molar-refractivity contribution in [2.24, 2.45) is 0 Å². The summed E-state index contributed by atoms with van der Waals surface area (Å²) in [4.78, 5) is 4.60. The first kappa shape index (κ1) is 16.4. The van der Waals surface area contributed by atoms with Crippen molar-refractivity contribution in [3.63, 3.8) is 0 Å². The van der Waals surface area contributed by atoms with Crippen molar-refractivity contribution in [3.8, 4) is 11.8 Å². The van der Waals surface area contributed by atoms with Crippen LogP contribution in [-0.2, 0) is 16.3 Å². The lowest BCUT2D eigenvalue weighted by atomic mass is 10.0. The fraction of sp³-hybridized carbons (Fsp3) is 0.158. The van der Waals surface area contributed by atoms with Crippen LogP contribution in [0.2, 0.25) is 0 Å². The predicted molar refractivity (Wildman–Crippen MR) is 98.3 cm³/mol. The highest BCUT2D eigenvalue weighted by Gasteiger charge is 2.29. The minimum absolute atomic E-state index is 0.0489.